The van der Waals surface area contributed by atoms with E-state index >= 15 is 0 Å². The van der Waals surface area contributed by atoms with Crippen LogP contribution in [-0.2, 0) is 138 Å². The zero-order valence-corrected chi connectivity index (χ0v) is 75.6. The summed E-state index contributed by atoms with van der Waals surface area (Å²) in [5.74, 6) is -54.4. The average molecular weight is 1870 g/mol. The lowest BCUT2D eigenvalue weighted by atomic mass is 9.72. The van der Waals surface area contributed by atoms with Gasteiger partial charge in [0.25, 0.3) is 5.67 Å². The monoisotopic (exact) mass is 1870 g/mol. The Labute approximate surface area is 721 Å². The van der Waals surface area contributed by atoms with Crippen LogP contribution in [0.25, 0.3) is 0 Å². The highest BCUT2D eigenvalue weighted by Gasteiger charge is 3.01. The summed E-state index contributed by atoms with van der Waals surface area (Å²) in [4.78, 5) is 158. The minimum atomic E-state index is -7.34. The van der Waals surface area contributed by atoms with E-state index in [0.29, 0.717) is 45.6 Å². The Morgan fingerprint density at radius 2 is 0.429 bits per heavy atom. The van der Waals surface area contributed by atoms with Crippen molar-refractivity contribution < 1.29 is 213 Å². The van der Waals surface area contributed by atoms with E-state index in [2.05, 4.69) is 37.9 Å². The lowest BCUT2D eigenvalue weighted by Gasteiger charge is -2.52. The van der Waals surface area contributed by atoms with Crippen LogP contribution in [0.3, 0.4) is 0 Å². The standard InChI is InChI=1S/C16H17F11O4.C14H22F2O6.C14H24F2O5.C13H22F2O4.C12H20O6.C11H20O4/c1-4-10(2,3)9(29)30-6-5-8(28)31-7-11(17)12(18,19)14(22,23)16(26,27)15(24,25)13(11,20)21;1-5-13(2,3)12(19)22-9-11(18)21-8-10(17)20-7-6-14(4,15)16;1-5-13(2,3)12(18)21-9-8-19-10-11(17)20-7-6-14(4,15)16;1-5-12(2,3)11(17)19-8-6-10(16)18-9-7-13(4,14)15;1-5-12(3,4)11(15)18-8-10(14)17-7-9(13)16-6-2;1-5-11(3,4)10(13)15-8-7-9(12)14-6-2/h4-7H2,1-3H3;5-9H2,1-4H3;5-10H2,1-4H3;5-9H2,1-4H3;5-8H2,1-4H3;5-8H2,1-4H3. The number of ether oxygens (including phenoxy) is 15. The lowest BCUT2D eigenvalue weighted by Crippen LogP contribution is -2.84. The van der Waals surface area contributed by atoms with Gasteiger partial charge in [-0.1, -0.05) is 41.5 Å². The Kier molecular flexibility index (Phi) is 55.9. The van der Waals surface area contributed by atoms with Crippen molar-refractivity contribution in [1.29, 1.82) is 0 Å². The average Bonchev–Trinajstić information content (AvgIpc) is 0.663. The minimum absolute atomic E-state index is 0.0303. The van der Waals surface area contributed by atoms with Gasteiger partial charge in [0.1, 0.15) is 39.6 Å². The first-order valence-corrected chi connectivity index (χ1v) is 39.6. The molecule has 1 fully saturated rings. The number of carbonyl (C=O) groups is 14. The van der Waals surface area contributed by atoms with Gasteiger partial charge in [0, 0.05) is 19.3 Å². The van der Waals surface area contributed by atoms with Crippen molar-refractivity contribution in [2.75, 3.05) is 106 Å². The third-order valence-electron chi connectivity index (χ3n) is 18.3. The van der Waals surface area contributed by atoms with Crippen LogP contribution in [0.5, 0.6) is 0 Å². The fourth-order valence-corrected chi connectivity index (χ4v) is 7.02. The summed E-state index contributed by atoms with van der Waals surface area (Å²) in [6.45, 7) is 29.7. The van der Waals surface area contributed by atoms with Gasteiger partial charge in [-0.25, -0.2) is 54.7 Å². The molecule has 1 aliphatic carbocycles. The van der Waals surface area contributed by atoms with Gasteiger partial charge in [0.15, 0.2) is 26.4 Å². The zero-order valence-electron chi connectivity index (χ0n) is 75.6. The molecule has 0 bridgehead atoms. The van der Waals surface area contributed by atoms with Crippen LogP contribution >= 0.6 is 0 Å². The summed E-state index contributed by atoms with van der Waals surface area (Å²) in [6.07, 6.45) is 0.660. The SMILES string of the molecule is CCC(C)(C)C(=O)OCC(=O)OCC(=O)OCCC(C)(F)F.CCC(C)(C)C(=O)OCCC(=O)OCC1(F)C(F)(F)C(F)(F)C(F)(F)C(F)(F)C1(F)F.CCC(C)(C)C(=O)OCCC(=O)OCCC(C)(F)F.CCC(C)(C)C(=O)OCCOCC(=O)OCCC(C)(F)F.CCOC(=O)CCOC(=O)C(C)(C)CC.CCOC(=O)COC(=O)COC(=O)C(C)(C)CC. The zero-order chi connectivity index (χ0) is 100.0. The molecule has 1 rings (SSSR count). The molecule has 738 valence electrons. The number of halogens is 17. The molecule has 126 heavy (non-hydrogen) atoms. The molecule has 0 N–H and O–H groups in total. The number of esters is 14. The summed E-state index contributed by atoms with van der Waals surface area (Å²) in [5, 5.41) is 0. The summed E-state index contributed by atoms with van der Waals surface area (Å²) in [7, 11) is 0. The molecule has 0 aliphatic heterocycles. The maximum atomic E-state index is 14.3. The van der Waals surface area contributed by atoms with Crippen LogP contribution in [0.1, 0.15) is 236 Å². The van der Waals surface area contributed by atoms with Gasteiger partial charge in [-0.2, -0.15) is 43.9 Å². The smallest absolute Gasteiger partial charge is 0.384 e. The maximum Gasteiger partial charge on any atom is 0.384 e. The molecule has 1 aliphatic rings. The van der Waals surface area contributed by atoms with Gasteiger partial charge in [-0.3, -0.25) is 43.2 Å². The predicted octanol–water partition coefficient (Wildman–Crippen LogP) is 15.4. The Morgan fingerprint density at radius 3 is 0.698 bits per heavy atom. The summed E-state index contributed by atoms with van der Waals surface area (Å²) in [5.41, 5.74) is -10.4. The molecule has 0 radical (unpaired) electrons. The number of carbonyl (C=O) groups excluding carboxylic acids is 14. The van der Waals surface area contributed by atoms with E-state index in [-0.39, 0.29) is 96.0 Å². The van der Waals surface area contributed by atoms with Crippen molar-refractivity contribution in [1.82, 2.24) is 0 Å². The Morgan fingerprint density at radius 1 is 0.222 bits per heavy atom. The molecule has 0 amide bonds. The highest BCUT2D eigenvalue weighted by molar-refractivity contribution is 5.83. The van der Waals surface area contributed by atoms with Crippen molar-refractivity contribution in [2.45, 2.75) is 289 Å². The largest absolute Gasteiger partial charge is 0.466 e. The molecule has 0 aromatic carbocycles. The van der Waals surface area contributed by atoms with Crippen molar-refractivity contribution in [3.63, 3.8) is 0 Å². The minimum Gasteiger partial charge on any atom is -0.466 e. The van der Waals surface area contributed by atoms with Gasteiger partial charge in [0.05, 0.1) is 91.4 Å². The van der Waals surface area contributed by atoms with Crippen LogP contribution in [0.2, 0.25) is 0 Å². The summed E-state index contributed by atoms with van der Waals surface area (Å²) in [6, 6.07) is 0. The van der Waals surface area contributed by atoms with Gasteiger partial charge < -0.3 is 71.1 Å². The molecule has 0 aromatic rings. The highest BCUT2D eigenvalue weighted by atomic mass is 19.4. The Hall–Kier alpha value is -8.65. The molecule has 0 spiro atoms. The van der Waals surface area contributed by atoms with Crippen molar-refractivity contribution in [2.24, 2.45) is 32.5 Å². The van der Waals surface area contributed by atoms with Crippen LogP contribution < -0.4 is 0 Å². The molecule has 29 nitrogen and oxygen atoms in total. The molecular formula is C80H125F17O29. The van der Waals surface area contributed by atoms with Crippen LogP contribution in [0.15, 0.2) is 0 Å². The molecular weight excluding hydrogens is 1750 g/mol. The molecule has 0 heterocycles. The molecule has 1 saturated carbocycles. The van der Waals surface area contributed by atoms with Gasteiger partial charge >= 0.3 is 113 Å². The van der Waals surface area contributed by atoms with Crippen molar-refractivity contribution >= 4 is 83.6 Å². The first kappa shape index (κ1) is 126. The van der Waals surface area contributed by atoms with E-state index in [1.807, 2.05) is 41.5 Å². The molecule has 46 heteroatoms. The number of alkyl halides is 17. The summed E-state index contributed by atoms with van der Waals surface area (Å²) >= 11 is 0. The topological polar surface area (TPSA) is 377 Å². The second-order valence-corrected chi connectivity index (χ2v) is 31.8. The third-order valence-corrected chi connectivity index (χ3v) is 18.3. The predicted molar refractivity (Wildman–Crippen MR) is 408 cm³/mol. The van der Waals surface area contributed by atoms with Crippen LogP contribution in [0, 0.1) is 32.5 Å². The van der Waals surface area contributed by atoms with E-state index in [1.165, 1.54) is 13.8 Å². The Balaban J connectivity index is -0.000000472. The first-order chi connectivity index (χ1) is 57.0. The van der Waals surface area contributed by atoms with Gasteiger partial charge in [-0.15, -0.1) is 0 Å². The fourth-order valence-electron chi connectivity index (χ4n) is 7.02. The van der Waals surface area contributed by atoms with E-state index in [4.69, 9.17) is 33.2 Å². The maximum absolute atomic E-state index is 14.3. The van der Waals surface area contributed by atoms with Crippen molar-refractivity contribution in [3.05, 3.63) is 0 Å². The van der Waals surface area contributed by atoms with Gasteiger partial charge in [-0.05, 0) is 156 Å². The van der Waals surface area contributed by atoms with E-state index in [1.54, 1.807) is 83.1 Å². The van der Waals surface area contributed by atoms with E-state index in [9.17, 15) is 142 Å². The van der Waals surface area contributed by atoms with Gasteiger partial charge in [0.2, 0.25) is 17.8 Å². The normalized spacial score (nSPS) is 14.8. The molecule has 0 unspecified atom stereocenters. The molecule has 0 aromatic heterocycles. The number of hydrogen-bond acceptors (Lipinski definition) is 29. The number of hydrogen-bond donors (Lipinski definition) is 0. The van der Waals surface area contributed by atoms with Crippen molar-refractivity contribution in [3.8, 4) is 0 Å². The molecule has 0 atom stereocenters. The van der Waals surface area contributed by atoms with Crippen LogP contribution in [0.4, 0.5) is 74.6 Å². The quantitative estimate of drug-likeness (QED) is 0.0236. The second kappa shape index (κ2) is 55.9. The van der Waals surface area contributed by atoms with E-state index in [0.717, 1.165) is 13.8 Å². The second-order valence-electron chi connectivity index (χ2n) is 31.8. The van der Waals surface area contributed by atoms with Crippen LogP contribution in [-0.4, -0.2) is 242 Å². The fraction of sp³-hybridized carbons (Fsp3) is 0.825. The molecule has 0 saturated heterocycles. The highest BCUT2D eigenvalue weighted by Crippen LogP contribution is 2.69. The Bertz CT molecular complexity index is 3370. The van der Waals surface area contributed by atoms with E-state index < -0.39 is 217 Å². The number of rotatable bonds is 47. The lowest BCUT2D eigenvalue weighted by molar-refractivity contribution is -0.487. The first-order valence-electron chi connectivity index (χ1n) is 39.6. The third kappa shape index (κ3) is 47.4. The summed E-state index contributed by atoms with van der Waals surface area (Å²) < 4.78 is 293.